The van der Waals surface area contributed by atoms with E-state index in [1.54, 1.807) is 12.1 Å². The van der Waals surface area contributed by atoms with Crippen molar-refractivity contribution >= 4 is 11.9 Å². The average molecular weight is 250 g/mol. The van der Waals surface area contributed by atoms with Crippen LogP contribution in [0.3, 0.4) is 0 Å². The number of nitrogens with one attached hydrogen (secondary N) is 1. The SMILES string of the molecule is CC(C)[C@@H]1NC(=O)N(Cc2ccc(F)cc2)C1=O. The zero-order chi connectivity index (χ0) is 13.3. The summed E-state index contributed by atoms with van der Waals surface area (Å²) in [6.45, 7) is 3.93. The topological polar surface area (TPSA) is 49.4 Å². The number of hydrogen-bond acceptors (Lipinski definition) is 2. The number of rotatable bonds is 3. The molecule has 0 radical (unpaired) electrons. The Morgan fingerprint density at radius 2 is 1.89 bits per heavy atom. The quantitative estimate of drug-likeness (QED) is 0.833. The van der Waals surface area contributed by atoms with E-state index in [2.05, 4.69) is 5.32 Å². The Kier molecular flexibility index (Phi) is 3.32. The van der Waals surface area contributed by atoms with Gasteiger partial charge >= 0.3 is 6.03 Å². The van der Waals surface area contributed by atoms with Crippen LogP contribution in [0, 0.1) is 11.7 Å². The number of nitrogens with zero attached hydrogens (tertiary/aromatic N) is 1. The summed E-state index contributed by atoms with van der Waals surface area (Å²) in [5, 5.41) is 2.65. The molecular formula is C13H15FN2O2. The molecule has 1 heterocycles. The van der Waals surface area contributed by atoms with E-state index in [4.69, 9.17) is 0 Å². The normalized spacial score (nSPS) is 19.6. The van der Waals surface area contributed by atoms with Crippen LogP contribution >= 0.6 is 0 Å². The molecule has 1 atom stereocenters. The van der Waals surface area contributed by atoms with E-state index in [1.807, 2.05) is 13.8 Å². The molecule has 0 aromatic heterocycles. The molecule has 3 amide bonds. The maximum absolute atomic E-state index is 12.8. The zero-order valence-corrected chi connectivity index (χ0v) is 10.3. The van der Waals surface area contributed by atoms with Crippen LogP contribution in [-0.4, -0.2) is 22.9 Å². The molecule has 0 aliphatic carbocycles. The van der Waals surface area contributed by atoms with Crippen LogP contribution in [-0.2, 0) is 11.3 Å². The highest BCUT2D eigenvalue weighted by molar-refractivity contribution is 6.04. The second-order valence-electron chi connectivity index (χ2n) is 4.72. The van der Waals surface area contributed by atoms with Crippen LogP contribution in [0.25, 0.3) is 0 Å². The van der Waals surface area contributed by atoms with E-state index >= 15 is 0 Å². The number of imide groups is 1. The minimum absolute atomic E-state index is 0.0552. The van der Waals surface area contributed by atoms with Crippen LogP contribution in [0.4, 0.5) is 9.18 Å². The second-order valence-corrected chi connectivity index (χ2v) is 4.72. The maximum atomic E-state index is 12.8. The summed E-state index contributed by atoms with van der Waals surface area (Å²) in [6.07, 6.45) is 0. The van der Waals surface area contributed by atoms with Gasteiger partial charge in [0.15, 0.2) is 0 Å². The molecule has 1 aliphatic heterocycles. The van der Waals surface area contributed by atoms with Crippen molar-refractivity contribution in [2.75, 3.05) is 0 Å². The van der Waals surface area contributed by atoms with Crippen molar-refractivity contribution < 1.29 is 14.0 Å². The smallest absolute Gasteiger partial charge is 0.325 e. The van der Waals surface area contributed by atoms with Crippen LogP contribution in [0.15, 0.2) is 24.3 Å². The van der Waals surface area contributed by atoms with E-state index in [0.29, 0.717) is 0 Å². The zero-order valence-electron chi connectivity index (χ0n) is 10.3. The molecule has 2 rings (SSSR count). The molecule has 0 saturated carbocycles. The van der Waals surface area contributed by atoms with Crippen molar-refractivity contribution in [2.24, 2.45) is 5.92 Å². The first-order chi connectivity index (χ1) is 8.49. The molecular weight excluding hydrogens is 235 g/mol. The predicted octanol–water partition coefficient (Wildman–Crippen LogP) is 1.90. The van der Waals surface area contributed by atoms with Gasteiger partial charge in [-0.15, -0.1) is 0 Å². The Morgan fingerprint density at radius 3 is 2.39 bits per heavy atom. The first-order valence-corrected chi connectivity index (χ1v) is 5.85. The summed E-state index contributed by atoms with van der Waals surface area (Å²) in [5.74, 6) is -0.505. The number of benzene rings is 1. The third-order valence-corrected chi connectivity index (χ3v) is 2.98. The van der Waals surface area contributed by atoms with Gasteiger partial charge < -0.3 is 5.32 Å². The van der Waals surface area contributed by atoms with Crippen molar-refractivity contribution in [3.63, 3.8) is 0 Å². The first kappa shape index (κ1) is 12.5. The molecule has 0 unspecified atom stereocenters. The summed E-state index contributed by atoms with van der Waals surface area (Å²) < 4.78 is 12.8. The Labute approximate surface area is 105 Å². The molecule has 1 aliphatic rings. The fourth-order valence-electron chi connectivity index (χ4n) is 1.91. The van der Waals surface area contributed by atoms with Crippen molar-refractivity contribution in [3.05, 3.63) is 35.6 Å². The predicted molar refractivity (Wildman–Crippen MR) is 64.1 cm³/mol. The number of carbonyl (C=O) groups excluding carboxylic acids is 2. The number of hydrogen-bond donors (Lipinski definition) is 1. The van der Waals surface area contributed by atoms with Crippen LogP contribution in [0.1, 0.15) is 19.4 Å². The van der Waals surface area contributed by atoms with Crippen molar-refractivity contribution in [2.45, 2.75) is 26.4 Å². The van der Waals surface area contributed by atoms with E-state index in [0.717, 1.165) is 10.5 Å². The highest BCUT2D eigenvalue weighted by Gasteiger charge is 2.39. The lowest BCUT2D eigenvalue weighted by Crippen LogP contribution is -2.34. The third kappa shape index (κ3) is 2.34. The van der Waals surface area contributed by atoms with Gasteiger partial charge in [0, 0.05) is 0 Å². The van der Waals surface area contributed by atoms with Crippen molar-refractivity contribution in [1.82, 2.24) is 10.2 Å². The maximum Gasteiger partial charge on any atom is 0.325 e. The lowest BCUT2D eigenvalue weighted by Gasteiger charge is -2.14. The van der Waals surface area contributed by atoms with Gasteiger partial charge in [0.1, 0.15) is 11.9 Å². The Balaban J connectivity index is 2.12. The third-order valence-electron chi connectivity index (χ3n) is 2.98. The van der Waals surface area contributed by atoms with Gasteiger partial charge in [-0.2, -0.15) is 0 Å². The molecule has 0 bridgehead atoms. The largest absolute Gasteiger partial charge is 0.326 e. The average Bonchev–Trinajstić information content (AvgIpc) is 2.60. The van der Waals surface area contributed by atoms with Crippen LogP contribution < -0.4 is 5.32 Å². The summed E-state index contributed by atoms with van der Waals surface area (Å²) in [7, 11) is 0. The molecule has 1 aromatic rings. The molecule has 4 nitrogen and oxygen atoms in total. The molecule has 96 valence electrons. The number of carbonyl (C=O) groups is 2. The Bertz CT molecular complexity index is 470. The Morgan fingerprint density at radius 1 is 1.28 bits per heavy atom. The van der Waals surface area contributed by atoms with E-state index in [9.17, 15) is 14.0 Å². The molecule has 1 fully saturated rings. The summed E-state index contributed by atoms with van der Waals surface area (Å²) in [4.78, 5) is 24.9. The standard InChI is InChI=1S/C13H15FN2O2/c1-8(2)11-12(17)16(13(18)15-11)7-9-3-5-10(14)6-4-9/h3-6,8,11H,7H2,1-2H3,(H,15,18)/t11-/m0/s1. The minimum Gasteiger partial charge on any atom is -0.326 e. The van der Waals surface area contributed by atoms with Gasteiger partial charge in [-0.25, -0.2) is 9.18 Å². The van der Waals surface area contributed by atoms with Gasteiger partial charge in [-0.3, -0.25) is 9.69 Å². The molecule has 0 spiro atoms. The van der Waals surface area contributed by atoms with Gasteiger partial charge in [-0.1, -0.05) is 26.0 Å². The van der Waals surface area contributed by atoms with Crippen LogP contribution in [0.5, 0.6) is 0 Å². The summed E-state index contributed by atoms with van der Waals surface area (Å²) in [6, 6.07) is 4.92. The molecule has 18 heavy (non-hydrogen) atoms. The van der Waals surface area contributed by atoms with E-state index in [1.165, 1.54) is 12.1 Å². The highest BCUT2D eigenvalue weighted by atomic mass is 19.1. The molecule has 5 heteroatoms. The molecule has 1 aromatic carbocycles. The number of amides is 3. The van der Waals surface area contributed by atoms with Gasteiger partial charge in [-0.05, 0) is 23.6 Å². The summed E-state index contributed by atoms with van der Waals surface area (Å²) >= 11 is 0. The molecule has 1 saturated heterocycles. The summed E-state index contributed by atoms with van der Waals surface area (Å²) in [5.41, 5.74) is 0.726. The van der Waals surface area contributed by atoms with E-state index in [-0.39, 0.29) is 30.2 Å². The van der Waals surface area contributed by atoms with Crippen LogP contribution in [0.2, 0.25) is 0 Å². The van der Waals surface area contributed by atoms with E-state index < -0.39 is 6.04 Å². The lowest BCUT2D eigenvalue weighted by molar-refractivity contribution is -0.128. The van der Waals surface area contributed by atoms with Crippen molar-refractivity contribution in [1.29, 1.82) is 0 Å². The van der Waals surface area contributed by atoms with Crippen molar-refractivity contribution in [3.8, 4) is 0 Å². The number of urea groups is 1. The van der Waals surface area contributed by atoms with Gasteiger partial charge in [0.2, 0.25) is 0 Å². The number of halogens is 1. The lowest BCUT2D eigenvalue weighted by atomic mass is 10.0. The first-order valence-electron chi connectivity index (χ1n) is 5.85. The minimum atomic E-state index is -0.460. The molecule has 1 N–H and O–H groups in total. The fourth-order valence-corrected chi connectivity index (χ4v) is 1.91. The Hall–Kier alpha value is -1.91. The van der Waals surface area contributed by atoms with Gasteiger partial charge in [0.25, 0.3) is 5.91 Å². The fraction of sp³-hybridized carbons (Fsp3) is 0.385. The highest BCUT2D eigenvalue weighted by Crippen LogP contribution is 2.16. The second kappa shape index (κ2) is 4.76. The van der Waals surface area contributed by atoms with Gasteiger partial charge in [0.05, 0.1) is 6.54 Å². The monoisotopic (exact) mass is 250 g/mol.